The third kappa shape index (κ3) is 5.79. The lowest BCUT2D eigenvalue weighted by Gasteiger charge is -2.28. The maximum atomic E-state index is 12.4. The van der Waals surface area contributed by atoms with Gasteiger partial charge in [0.2, 0.25) is 11.8 Å². The van der Waals surface area contributed by atoms with Crippen LogP contribution in [0.4, 0.5) is 0 Å². The summed E-state index contributed by atoms with van der Waals surface area (Å²) in [5, 5.41) is 2.86. The van der Waals surface area contributed by atoms with Gasteiger partial charge in [0.15, 0.2) is 0 Å². The number of rotatable bonds is 8. The quantitative estimate of drug-likeness (QED) is 0.763. The number of halogens is 1. The molecule has 0 spiro atoms. The Kier molecular flexibility index (Phi) is 8.17. The first-order chi connectivity index (χ1) is 10.5. The summed E-state index contributed by atoms with van der Waals surface area (Å²) in [6, 6.07) is 7.35. The van der Waals surface area contributed by atoms with Crippen molar-refractivity contribution in [2.75, 3.05) is 6.54 Å². The molecule has 0 fully saturated rings. The molecule has 122 valence electrons. The van der Waals surface area contributed by atoms with E-state index in [2.05, 4.69) is 21.2 Å². The van der Waals surface area contributed by atoms with Crippen LogP contribution in [0.25, 0.3) is 0 Å². The fourth-order valence-electron chi connectivity index (χ4n) is 2.17. The minimum absolute atomic E-state index is 0.0154. The van der Waals surface area contributed by atoms with Crippen LogP contribution in [0.3, 0.4) is 0 Å². The number of carbonyl (C=O) groups excluding carboxylic acids is 2. The SMILES string of the molecule is CCCNC(=O)C(C)N(Cc1cccc(Br)c1)C(=O)CCC. The second-order valence-electron chi connectivity index (χ2n) is 5.37. The Morgan fingerprint density at radius 3 is 2.59 bits per heavy atom. The summed E-state index contributed by atoms with van der Waals surface area (Å²) in [6.07, 6.45) is 2.11. The van der Waals surface area contributed by atoms with Crippen molar-refractivity contribution in [3.05, 3.63) is 34.3 Å². The first-order valence-corrected chi connectivity index (χ1v) is 8.60. The molecule has 1 rings (SSSR count). The summed E-state index contributed by atoms with van der Waals surface area (Å²) in [6.45, 7) is 6.84. The van der Waals surface area contributed by atoms with E-state index >= 15 is 0 Å². The van der Waals surface area contributed by atoms with Crippen molar-refractivity contribution >= 4 is 27.7 Å². The van der Waals surface area contributed by atoms with Crippen LogP contribution < -0.4 is 5.32 Å². The largest absolute Gasteiger partial charge is 0.354 e. The lowest BCUT2D eigenvalue weighted by Crippen LogP contribution is -2.47. The highest BCUT2D eigenvalue weighted by molar-refractivity contribution is 9.10. The molecular weight excluding hydrogens is 344 g/mol. The fraction of sp³-hybridized carbons (Fsp3) is 0.529. The monoisotopic (exact) mass is 368 g/mol. The molecule has 1 unspecified atom stereocenters. The van der Waals surface area contributed by atoms with Crippen molar-refractivity contribution in [1.82, 2.24) is 10.2 Å². The molecule has 0 heterocycles. The van der Waals surface area contributed by atoms with Gasteiger partial charge in [0.25, 0.3) is 0 Å². The molecule has 0 bridgehead atoms. The van der Waals surface area contributed by atoms with E-state index in [1.54, 1.807) is 11.8 Å². The predicted molar refractivity (Wildman–Crippen MR) is 92.4 cm³/mol. The summed E-state index contributed by atoms with van der Waals surface area (Å²) in [5.41, 5.74) is 1.01. The number of hydrogen-bond donors (Lipinski definition) is 1. The molecule has 22 heavy (non-hydrogen) atoms. The van der Waals surface area contributed by atoms with Gasteiger partial charge in [0, 0.05) is 24.0 Å². The lowest BCUT2D eigenvalue weighted by molar-refractivity contribution is -0.140. The van der Waals surface area contributed by atoms with Crippen molar-refractivity contribution in [2.45, 2.75) is 52.6 Å². The van der Waals surface area contributed by atoms with Crippen LogP contribution in [-0.2, 0) is 16.1 Å². The van der Waals surface area contributed by atoms with Crippen molar-refractivity contribution in [3.63, 3.8) is 0 Å². The first-order valence-electron chi connectivity index (χ1n) is 7.81. The van der Waals surface area contributed by atoms with E-state index in [-0.39, 0.29) is 11.8 Å². The second kappa shape index (κ2) is 9.62. The Morgan fingerprint density at radius 2 is 2.00 bits per heavy atom. The first kappa shape index (κ1) is 18.7. The van der Waals surface area contributed by atoms with Crippen LogP contribution in [-0.4, -0.2) is 29.3 Å². The van der Waals surface area contributed by atoms with E-state index in [9.17, 15) is 9.59 Å². The molecule has 1 N–H and O–H groups in total. The highest BCUT2D eigenvalue weighted by Gasteiger charge is 2.25. The Labute approximate surface area is 141 Å². The smallest absolute Gasteiger partial charge is 0.242 e. The molecule has 5 heteroatoms. The maximum absolute atomic E-state index is 12.4. The average molecular weight is 369 g/mol. The normalized spacial score (nSPS) is 11.8. The number of carbonyl (C=O) groups is 2. The van der Waals surface area contributed by atoms with Gasteiger partial charge in [-0.2, -0.15) is 0 Å². The molecule has 0 aliphatic carbocycles. The highest BCUT2D eigenvalue weighted by Crippen LogP contribution is 2.16. The molecule has 2 amide bonds. The molecule has 4 nitrogen and oxygen atoms in total. The molecule has 0 saturated carbocycles. The number of benzene rings is 1. The minimum atomic E-state index is -0.468. The molecule has 0 radical (unpaired) electrons. The van der Waals surface area contributed by atoms with Gasteiger partial charge in [-0.25, -0.2) is 0 Å². The summed E-state index contributed by atoms with van der Waals surface area (Å²) in [7, 11) is 0. The van der Waals surface area contributed by atoms with Crippen LogP contribution in [0.1, 0.15) is 45.6 Å². The summed E-state index contributed by atoms with van der Waals surface area (Å²) in [5.74, 6) is -0.0806. The van der Waals surface area contributed by atoms with E-state index < -0.39 is 6.04 Å². The third-order valence-corrected chi connectivity index (χ3v) is 3.92. The average Bonchev–Trinajstić information content (AvgIpc) is 2.49. The van der Waals surface area contributed by atoms with Gasteiger partial charge in [-0.1, -0.05) is 41.9 Å². The van der Waals surface area contributed by atoms with Crippen LogP contribution in [0.2, 0.25) is 0 Å². The van der Waals surface area contributed by atoms with Gasteiger partial charge in [0.1, 0.15) is 6.04 Å². The third-order valence-electron chi connectivity index (χ3n) is 3.42. The lowest BCUT2D eigenvalue weighted by atomic mass is 10.1. The van der Waals surface area contributed by atoms with E-state index in [0.29, 0.717) is 19.5 Å². The molecular formula is C17H25BrN2O2. The molecule has 1 atom stereocenters. The van der Waals surface area contributed by atoms with Gasteiger partial charge < -0.3 is 10.2 Å². The number of nitrogens with zero attached hydrogens (tertiary/aromatic N) is 1. The molecule has 0 saturated heterocycles. The topological polar surface area (TPSA) is 49.4 Å². The standard InChI is InChI=1S/C17H25BrN2O2/c1-4-7-16(21)20(13(3)17(22)19-10-5-2)12-14-8-6-9-15(18)11-14/h6,8-9,11,13H,4-5,7,10,12H2,1-3H3,(H,19,22). The van der Waals surface area contributed by atoms with Crippen molar-refractivity contribution in [1.29, 1.82) is 0 Å². The molecule has 0 aliphatic rings. The molecule has 0 aromatic heterocycles. The zero-order valence-corrected chi connectivity index (χ0v) is 15.1. The number of nitrogens with one attached hydrogen (secondary N) is 1. The van der Waals surface area contributed by atoms with Crippen LogP contribution >= 0.6 is 15.9 Å². The fourth-order valence-corrected chi connectivity index (χ4v) is 2.61. The van der Waals surface area contributed by atoms with E-state index in [1.807, 2.05) is 38.1 Å². The van der Waals surface area contributed by atoms with Gasteiger partial charge in [-0.15, -0.1) is 0 Å². The van der Waals surface area contributed by atoms with Gasteiger partial charge in [-0.05, 0) is 37.5 Å². The number of hydrogen-bond acceptors (Lipinski definition) is 2. The molecule has 1 aromatic rings. The van der Waals surface area contributed by atoms with Gasteiger partial charge in [0.05, 0.1) is 0 Å². The zero-order chi connectivity index (χ0) is 16.5. The predicted octanol–water partition coefficient (Wildman–Crippen LogP) is 3.49. The maximum Gasteiger partial charge on any atom is 0.242 e. The Hall–Kier alpha value is -1.36. The molecule has 1 aromatic carbocycles. The van der Waals surface area contributed by atoms with E-state index in [4.69, 9.17) is 0 Å². The highest BCUT2D eigenvalue weighted by atomic mass is 79.9. The molecule has 0 aliphatic heterocycles. The Bertz CT molecular complexity index is 505. The second-order valence-corrected chi connectivity index (χ2v) is 6.28. The summed E-state index contributed by atoms with van der Waals surface area (Å²) >= 11 is 3.44. The Morgan fingerprint density at radius 1 is 1.27 bits per heavy atom. The Balaban J connectivity index is 2.87. The number of amides is 2. The summed E-state index contributed by atoms with van der Waals surface area (Å²) < 4.78 is 0.968. The van der Waals surface area contributed by atoms with Crippen LogP contribution in [0.15, 0.2) is 28.7 Å². The van der Waals surface area contributed by atoms with Crippen molar-refractivity contribution in [2.24, 2.45) is 0 Å². The van der Waals surface area contributed by atoms with E-state index in [1.165, 1.54) is 0 Å². The van der Waals surface area contributed by atoms with Gasteiger partial charge >= 0.3 is 0 Å². The van der Waals surface area contributed by atoms with Crippen LogP contribution in [0, 0.1) is 0 Å². The van der Waals surface area contributed by atoms with Crippen LogP contribution in [0.5, 0.6) is 0 Å². The van der Waals surface area contributed by atoms with Gasteiger partial charge in [-0.3, -0.25) is 9.59 Å². The van der Waals surface area contributed by atoms with E-state index in [0.717, 1.165) is 22.9 Å². The zero-order valence-electron chi connectivity index (χ0n) is 13.6. The van der Waals surface area contributed by atoms with Crippen molar-refractivity contribution in [3.8, 4) is 0 Å². The summed E-state index contributed by atoms with van der Waals surface area (Å²) in [4.78, 5) is 26.2. The van der Waals surface area contributed by atoms with Crippen molar-refractivity contribution < 1.29 is 9.59 Å². The minimum Gasteiger partial charge on any atom is -0.354 e.